The van der Waals surface area contributed by atoms with E-state index in [9.17, 15) is 13.2 Å². The van der Waals surface area contributed by atoms with Gasteiger partial charge in [0, 0.05) is 64.6 Å². The van der Waals surface area contributed by atoms with Gasteiger partial charge in [-0.2, -0.15) is 0 Å². The van der Waals surface area contributed by atoms with Gasteiger partial charge in [0.1, 0.15) is 0 Å². The van der Waals surface area contributed by atoms with E-state index < -0.39 is 138 Å². The second kappa shape index (κ2) is 16.8. The van der Waals surface area contributed by atoms with E-state index in [1.54, 1.807) is 72.8 Å². The molecule has 0 fully saturated rings. The average molecular weight is 1150 g/mol. The third kappa shape index (κ3) is 6.26. The van der Waals surface area contributed by atoms with Gasteiger partial charge < -0.3 is 15.0 Å². The normalized spacial score (nSPS) is 14.3. The summed E-state index contributed by atoms with van der Waals surface area (Å²) < 4.78 is 239. The summed E-state index contributed by atoms with van der Waals surface area (Å²) in [5.41, 5.74) is -8.41. The van der Waals surface area contributed by atoms with Gasteiger partial charge in [-0.1, -0.05) is 72.8 Å². The van der Waals surface area contributed by atoms with E-state index in [1.807, 2.05) is 0 Å². The Kier molecular flexibility index (Phi) is 9.90. The molecule has 408 valence electrons. The zero-order chi connectivity index (χ0) is 58.0. The molecule has 4 aliphatic heterocycles. The summed E-state index contributed by atoms with van der Waals surface area (Å²) in [6, 6.07) is 23.1. The molecular formula is C63H21F15N6. The Bertz CT molecular complexity index is 5160. The molecule has 0 aliphatic carbocycles. The maximum atomic E-state index is 16.7. The number of benzene rings is 9. The van der Waals surface area contributed by atoms with Crippen molar-refractivity contribution in [2.45, 2.75) is 0 Å². The Labute approximate surface area is 455 Å². The highest BCUT2D eigenvalue weighted by Gasteiger charge is 2.36. The van der Waals surface area contributed by atoms with Gasteiger partial charge in [0.25, 0.3) is 0 Å². The SMILES string of the molecule is Fc1c(F)c(F)c(C2=c3cc4c([nH]3)c3c(c5ccccc54)=CC(=N3)C(c3c(F)c(F)c(F)c(F)c3F)=c3cc4c([nH]3)c3c(c5ccccc54)=CC(=N3)C(c3c(F)c(F)c(F)c(F)c3F)=c3cc4c([nH]3)c3c(c5ccccc54)=CC2=N3)c(F)c1F. The van der Waals surface area contributed by atoms with Gasteiger partial charge >= 0.3 is 0 Å². The van der Waals surface area contributed by atoms with Crippen LogP contribution in [0.1, 0.15) is 16.7 Å². The van der Waals surface area contributed by atoms with Crippen molar-refractivity contribution >= 4 is 134 Å². The predicted molar refractivity (Wildman–Crippen MR) is 286 cm³/mol. The van der Waals surface area contributed by atoms with E-state index >= 15 is 52.7 Å². The Morgan fingerprint density at radius 3 is 0.702 bits per heavy atom. The fourth-order valence-corrected chi connectivity index (χ4v) is 12.3. The highest BCUT2D eigenvalue weighted by Crippen LogP contribution is 2.41. The van der Waals surface area contributed by atoms with Crippen molar-refractivity contribution in [3.05, 3.63) is 227 Å². The van der Waals surface area contributed by atoms with Gasteiger partial charge in [0.05, 0.1) is 67.4 Å². The van der Waals surface area contributed by atoms with Crippen molar-refractivity contribution in [2.75, 3.05) is 0 Å². The molecule has 0 saturated carbocycles. The van der Waals surface area contributed by atoms with Gasteiger partial charge in [-0.3, -0.25) is 0 Å². The van der Waals surface area contributed by atoms with Crippen LogP contribution in [0.3, 0.4) is 0 Å². The Morgan fingerprint density at radius 1 is 0.250 bits per heavy atom. The molecule has 9 aromatic carbocycles. The molecule has 0 spiro atoms. The first-order chi connectivity index (χ1) is 40.4. The second-order valence-corrected chi connectivity index (χ2v) is 20.2. The van der Waals surface area contributed by atoms with Crippen molar-refractivity contribution in [3.63, 3.8) is 0 Å². The number of halogens is 15. The highest BCUT2D eigenvalue weighted by atomic mass is 19.2. The number of fused-ring (bicyclic) bond motifs is 12. The summed E-state index contributed by atoms with van der Waals surface area (Å²) in [5, 5.41) is 1.92. The molecular weight excluding hydrogens is 1130 g/mol. The average Bonchev–Trinajstić information content (AvgIpc) is 2.17. The number of aromatic amines is 3. The van der Waals surface area contributed by atoms with Gasteiger partial charge in [-0.25, -0.2) is 80.8 Å². The number of nitrogens with zero attached hydrogens (tertiary/aromatic N) is 3. The third-order valence-corrected chi connectivity index (χ3v) is 15.9. The predicted octanol–water partition coefficient (Wildman–Crippen LogP) is 12.3. The molecule has 7 heterocycles. The van der Waals surface area contributed by atoms with Crippen molar-refractivity contribution in [3.8, 4) is 0 Å². The van der Waals surface area contributed by atoms with Crippen LogP contribution in [0.15, 0.2) is 106 Å². The lowest BCUT2D eigenvalue weighted by Gasteiger charge is -2.11. The molecule has 0 amide bonds. The number of hydrogen-bond donors (Lipinski definition) is 3. The fourth-order valence-electron chi connectivity index (χ4n) is 12.3. The van der Waals surface area contributed by atoms with Gasteiger partial charge in [0.2, 0.25) is 17.5 Å². The molecule has 0 unspecified atom stereocenters. The van der Waals surface area contributed by atoms with E-state index in [4.69, 9.17) is 15.0 Å². The number of rotatable bonds is 3. The summed E-state index contributed by atoms with van der Waals surface area (Å²) in [4.78, 5) is 23.5. The monoisotopic (exact) mass is 1150 g/mol. The molecule has 84 heavy (non-hydrogen) atoms. The van der Waals surface area contributed by atoms with Crippen molar-refractivity contribution in [1.29, 1.82) is 0 Å². The van der Waals surface area contributed by atoms with Crippen LogP contribution < -0.4 is 31.7 Å². The molecule has 16 rings (SSSR count). The van der Waals surface area contributed by atoms with Crippen LogP contribution in [-0.2, 0) is 0 Å². The molecule has 0 atom stereocenters. The Balaban J connectivity index is 1.17. The van der Waals surface area contributed by atoms with E-state index in [-0.39, 0.29) is 81.5 Å². The van der Waals surface area contributed by atoms with Crippen LogP contribution in [0.5, 0.6) is 0 Å². The van der Waals surface area contributed by atoms with E-state index in [0.29, 0.717) is 32.3 Å². The van der Waals surface area contributed by atoms with Crippen molar-refractivity contribution < 1.29 is 65.9 Å². The first-order valence-electron chi connectivity index (χ1n) is 25.1. The van der Waals surface area contributed by atoms with E-state index in [0.717, 1.165) is 0 Å². The third-order valence-electron chi connectivity index (χ3n) is 15.9. The standard InChI is InChI=1S/C63H21F15N6/c64-43-40(44(65)50(71)55(76)49(43)70)37-31-13-25-19-7-1-2-8-20(19)26-14-32(80-59(26)58(25)79-31)38(41-45(66)51(72)56(77)52(73)46(41)67)34-16-28-23-11-5-6-12-24(23)30-18-36(84-63(30)62(28)82-34)39(42-47(68)53(74)57(78)54(75)48(42)69)35-17-29-22-10-4-3-9-21(22)27-15-33(37)81-60(27)61(29)83-35/h1-18,79,82-83H. The molecule has 6 nitrogen and oxygen atoms in total. The molecule has 12 bridgehead atoms. The first kappa shape index (κ1) is 49.4. The topological polar surface area (TPSA) is 84.5 Å². The molecule has 21 heteroatoms. The second-order valence-electron chi connectivity index (χ2n) is 20.2. The number of aliphatic imine (C=N–C) groups is 3. The molecule has 12 aromatic rings. The van der Waals surface area contributed by atoms with Gasteiger partial charge in [0.15, 0.2) is 69.8 Å². The van der Waals surface area contributed by atoms with Crippen LogP contribution in [0.2, 0.25) is 0 Å². The van der Waals surface area contributed by atoms with Crippen LogP contribution in [0.4, 0.5) is 82.9 Å². The lowest BCUT2D eigenvalue weighted by molar-refractivity contribution is 0.376. The number of hydrogen-bond acceptors (Lipinski definition) is 3. The van der Waals surface area contributed by atoms with Crippen LogP contribution in [-0.4, -0.2) is 32.1 Å². The molecule has 3 N–H and O–H groups in total. The molecule has 3 aromatic heterocycles. The number of nitrogens with one attached hydrogen (secondary N) is 3. The first-order valence-corrected chi connectivity index (χ1v) is 25.1. The van der Waals surface area contributed by atoms with E-state index in [1.165, 1.54) is 36.4 Å². The maximum absolute atomic E-state index is 16.7. The summed E-state index contributed by atoms with van der Waals surface area (Å²) in [6.45, 7) is 0. The summed E-state index contributed by atoms with van der Waals surface area (Å²) in [6.07, 6.45) is 3.84. The smallest absolute Gasteiger partial charge is 0.200 e. The van der Waals surface area contributed by atoms with Gasteiger partial charge in [-0.15, -0.1) is 0 Å². The highest BCUT2D eigenvalue weighted by molar-refractivity contribution is 6.43. The number of aromatic nitrogens is 3. The van der Waals surface area contributed by atoms with Crippen LogP contribution in [0.25, 0.3) is 100.0 Å². The van der Waals surface area contributed by atoms with E-state index in [2.05, 4.69) is 15.0 Å². The lowest BCUT2D eigenvalue weighted by atomic mass is 9.96. The Morgan fingerprint density at radius 2 is 0.464 bits per heavy atom. The minimum absolute atomic E-state index is 0.0269. The number of H-pyrrole nitrogens is 3. The summed E-state index contributed by atoms with van der Waals surface area (Å²) in [5.74, 6) is -35.3. The quantitative estimate of drug-likeness (QED) is 0.0895. The Hall–Kier alpha value is -10.4. The maximum Gasteiger partial charge on any atom is 0.200 e. The minimum Gasteiger partial charge on any atom is -0.353 e. The zero-order valence-electron chi connectivity index (χ0n) is 41.4. The van der Waals surface area contributed by atoms with Crippen LogP contribution in [0, 0.1) is 87.3 Å². The zero-order valence-corrected chi connectivity index (χ0v) is 41.4. The molecule has 0 saturated heterocycles. The summed E-state index contributed by atoms with van der Waals surface area (Å²) >= 11 is 0. The largest absolute Gasteiger partial charge is 0.353 e. The molecule has 4 aliphatic rings. The lowest BCUT2D eigenvalue weighted by Crippen LogP contribution is -2.19. The summed E-state index contributed by atoms with van der Waals surface area (Å²) in [7, 11) is 0. The van der Waals surface area contributed by atoms with Crippen molar-refractivity contribution in [1.82, 2.24) is 15.0 Å². The van der Waals surface area contributed by atoms with Crippen molar-refractivity contribution in [2.24, 2.45) is 15.0 Å². The molecule has 0 radical (unpaired) electrons. The fraction of sp³-hybridized carbons (Fsp3) is 0. The minimum atomic E-state index is -2.50. The van der Waals surface area contributed by atoms with Gasteiger partial charge in [-0.05, 0) is 68.7 Å². The van der Waals surface area contributed by atoms with Crippen LogP contribution >= 0.6 is 0 Å².